The lowest BCUT2D eigenvalue weighted by Gasteiger charge is -2.14. The number of anilines is 1. The van der Waals surface area contributed by atoms with Gasteiger partial charge in [-0.05, 0) is 42.0 Å². The summed E-state index contributed by atoms with van der Waals surface area (Å²) in [6.07, 6.45) is 2.54. The number of hydrogen-bond donors (Lipinski definition) is 1. The van der Waals surface area contributed by atoms with Crippen LogP contribution in [-0.2, 0) is 6.54 Å². The molecule has 0 radical (unpaired) electrons. The average molecular weight is 402 g/mol. The second-order valence-electron chi connectivity index (χ2n) is 6.65. The van der Waals surface area contributed by atoms with Crippen LogP contribution < -0.4 is 19.7 Å². The number of rotatable bonds is 4. The highest BCUT2D eigenvalue weighted by Gasteiger charge is 2.38. The summed E-state index contributed by atoms with van der Waals surface area (Å²) in [6.45, 7) is 0.505. The lowest BCUT2D eigenvalue weighted by Crippen LogP contribution is -2.29. The molecule has 0 saturated carbocycles. The minimum Gasteiger partial charge on any atom is -0.454 e. The van der Waals surface area contributed by atoms with Gasteiger partial charge < -0.3 is 14.8 Å². The number of amides is 3. The summed E-state index contributed by atoms with van der Waals surface area (Å²) in [6, 6.07) is 11.7. The summed E-state index contributed by atoms with van der Waals surface area (Å²) in [5.74, 6) is 0.0389. The second kappa shape index (κ2) is 6.96. The van der Waals surface area contributed by atoms with E-state index in [4.69, 9.17) is 9.47 Å². The molecule has 3 amide bonds. The van der Waals surface area contributed by atoms with Gasteiger partial charge in [0.2, 0.25) is 6.79 Å². The lowest BCUT2D eigenvalue weighted by molar-refractivity contribution is 0.0921. The third-order valence-corrected chi connectivity index (χ3v) is 4.83. The van der Waals surface area contributed by atoms with Crippen molar-refractivity contribution in [3.63, 3.8) is 0 Å². The van der Waals surface area contributed by atoms with Crippen molar-refractivity contribution in [1.82, 2.24) is 15.3 Å². The normalized spacial score (nSPS) is 14.1. The first-order valence-corrected chi connectivity index (χ1v) is 9.07. The first-order chi connectivity index (χ1) is 14.6. The Kier molecular flexibility index (Phi) is 4.13. The number of hydrogen-bond acceptors (Lipinski definition) is 7. The fourth-order valence-electron chi connectivity index (χ4n) is 3.31. The number of nitrogens with zero attached hydrogens (tertiary/aromatic N) is 3. The Morgan fingerprint density at radius 2 is 1.83 bits per heavy atom. The van der Waals surface area contributed by atoms with Gasteiger partial charge in [-0.2, -0.15) is 0 Å². The van der Waals surface area contributed by atoms with Gasteiger partial charge in [-0.15, -0.1) is 0 Å². The molecular formula is C21H14N4O5. The van der Waals surface area contributed by atoms with Crippen molar-refractivity contribution in [2.75, 3.05) is 11.7 Å². The van der Waals surface area contributed by atoms with Crippen LogP contribution in [0.25, 0.3) is 0 Å². The highest BCUT2D eigenvalue weighted by atomic mass is 16.7. The highest BCUT2D eigenvalue weighted by Crippen LogP contribution is 2.32. The molecule has 0 bridgehead atoms. The number of aromatic nitrogens is 2. The number of nitrogens with one attached hydrogen (secondary N) is 1. The number of ether oxygens (including phenoxy) is 2. The van der Waals surface area contributed by atoms with Crippen LogP contribution in [0, 0.1) is 0 Å². The zero-order valence-electron chi connectivity index (χ0n) is 15.5. The van der Waals surface area contributed by atoms with E-state index in [1.807, 2.05) is 12.1 Å². The van der Waals surface area contributed by atoms with Crippen LogP contribution >= 0.6 is 0 Å². The Bertz CT molecular complexity index is 1160. The molecule has 0 fully saturated rings. The summed E-state index contributed by atoms with van der Waals surface area (Å²) in [4.78, 5) is 46.1. The van der Waals surface area contributed by atoms with Gasteiger partial charge in [0.15, 0.2) is 11.5 Å². The molecule has 2 aliphatic heterocycles. The van der Waals surface area contributed by atoms with Gasteiger partial charge in [0.05, 0.1) is 11.3 Å². The largest absolute Gasteiger partial charge is 0.454 e. The van der Waals surface area contributed by atoms with Gasteiger partial charge >= 0.3 is 0 Å². The van der Waals surface area contributed by atoms with E-state index < -0.39 is 11.8 Å². The van der Waals surface area contributed by atoms with E-state index in [2.05, 4.69) is 15.3 Å². The van der Waals surface area contributed by atoms with Crippen molar-refractivity contribution in [2.24, 2.45) is 0 Å². The van der Waals surface area contributed by atoms with Crippen LogP contribution in [0.5, 0.6) is 11.5 Å². The van der Waals surface area contributed by atoms with E-state index in [0.717, 1.165) is 10.5 Å². The fourth-order valence-corrected chi connectivity index (χ4v) is 3.31. The summed E-state index contributed by atoms with van der Waals surface area (Å²) in [5, 5.41) is 2.83. The van der Waals surface area contributed by atoms with E-state index in [1.54, 1.807) is 30.3 Å². The van der Waals surface area contributed by atoms with Crippen molar-refractivity contribution >= 4 is 23.4 Å². The number of imide groups is 1. The summed E-state index contributed by atoms with van der Waals surface area (Å²) in [7, 11) is 0. The van der Waals surface area contributed by atoms with E-state index in [0.29, 0.717) is 29.3 Å². The Morgan fingerprint density at radius 3 is 2.63 bits per heavy atom. The van der Waals surface area contributed by atoms with E-state index in [-0.39, 0.29) is 24.0 Å². The highest BCUT2D eigenvalue weighted by molar-refractivity contribution is 6.33. The van der Waals surface area contributed by atoms with Crippen molar-refractivity contribution in [3.05, 3.63) is 77.4 Å². The molecule has 5 rings (SSSR count). The van der Waals surface area contributed by atoms with Crippen molar-refractivity contribution < 1.29 is 23.9 Å². The topological polar surface area (TPSA) is 111 Å². The van der Waals surface area contributed by atoms with Crippen LogP contribution in [0.4, 0.5) is 5.69 Å². The minimum atomic E-state index is -0.516. The van der Waals surface area contributed by atoms with Crippen molar-refractivity contribution in [2.45, 2.75) is 6.54 Å². The molecule has 0 saturated heterocycles. The van der Waals surface area contributed by atoms with Gasteiger partial charge in [0.25, 0.3) is 17.7 Å². The van der Waals surface area contributed by atoms with Crippen LogP contribution in [0.2, 0.25) is 0 Å². The van der Waals surface area contributed by atoms with Gasteiger partial charge in [-0.25, -0.2) is 14.9 Å². The summed E-state index contributed by atoms with van der Waals surface area (Å²) in [5.41, 5.74) is 1.86. The molecular weight excluding hydrogens is 388 g/mol. The van der Waals surface area contributed by atoms with Crippen LogP contribution in [0.15, 0.2) is 55.0 Å². The van der Waals surface area contributed by atoms with Crippen LogP contribution in [0.3, 0.4) is 0 Å². The number of benzene rings is 2. The molecule has 148 valence electrons. The lowest BCUT2D eigenvalue weighted by atomic mass is 10.1. The average Bonchev–Trinajstić information content (AvgIpc) is 3.35. The van der Waals surface area contributed by atoms with Crippen molar-refractivity contribution in [3.8, 4) is 11.5 Å². The maximum absolute atomic E-state index is 12.5. The monoisotopic (exact) mass is 402 g/mol. The Morgan fingerprint density at radius 1 is 1.03 bits per heavy atom. The minimum absolute atomic E-state index is 0.0699. The zero-order chi connectivity index (χ0) is 20.7. The molecule has 0 unspecified atom stereocenters. The number of carbonyl (C=O) groups is 3. The standard InChI is InChI=1S/C21H14N4O5/c26-19(23-8-12-1-6-16-17(7-12)30-11-29-16)13-2-4-14(5-3-13)25-20(27)15-9-22-10-24-18(15)21(25)28/h1-7,9-10H,8,11H2,(H,23,26). The maximum Gasteiger partial charge on any atom is 0.284 e. The molecule has 1 N–H and O–H groups in total. The summed E-state index contributed by atoms with van der Waals surface area (Å²) >= 11 is 0. The maximum atomic E-state index is 12.5. The van der Waals surface area contributed by atoms with Gasteiger partial charge in [0, 0.05) is 18.3 Å². The van der Waals surface area contributed by atoms with E-state index in [9.17, 15) is 14.4 Å². The second-order valence-corrected chi connectivity index (χ2v) is 6.65. The first-order valence-electron chi connectivity index (χ1n) is 9.07. The van der Waals surface area contributed by atoms with Crippen molar-refractivity contribution in [1.29, 1.82) is 0 Å². The third kappa shape index (κ3) is 2.93. The molecule has 0 aliphatic carbocycles. The Labute approximate surface area is 170 Å². The first kappa shape index (κ1) is 17.8. The van der Waals surface area contributed by atoms with Gasteiger partial charge in [-0.1, -0.05) is 6.07 Å². The Hall–Kier alpha value is -4.27. The number of carbonyl (C=O) groups excluding carboxylic acids is 3. The molecule has 0 atom stereocenters. The fraction of sp³-hybridized carbons (Fsp3) is 0.0952. The Balaban J connectivity index is 1.28. The smallest absolute Gasteiger partial charge is 0.284 e. The molecule has 1 aromatic heterocycles. The number of fused-ring (bicyclic) bond motifs is 2. The zero-order valence-corrected chi connectivity index (χ0v) is 15.5. The SMILES string of the molecule is O=C(NCc1ccc2c(c1)OCO2)c1ccc(N2C(=O)c3cncnc3C2=O)cc1. The molecule has 2 aliphatic rings. The van der Waals surface area contributed by atoms with Crippen LogP contribution in [-0.4, -0.2) is 34.5 Å². The quantitative estimate of drug-likeness (QED) is 0.664. The molecule has 3 heterocycles. The molecule has 9 nitrogen and oxygen atoms in total. The third-order valence-electron chi connectivity index (χ3n) is 4.83. The van der Waals surface area contributed by atoms with Gasteiger partial charge in [-0.3, -0.25) is 14.4 Å². The molecule has 2 aromatic carbocycles. The van der Waals surface area contributed by atoms with Gasteiger partial charge in [0.1, 0.15) is 12.0 Å². The molecule has 9 heteroatoms. The predicted octanol–water partition coefficient (Wildman–Crippen LogP) is 1.94. The van der Waals surface area contributed by atoms with E-state index in [1.165, 1.54) is 12.5 Å². The molecule has 3 aromatic rings. The summed E-state index contributed by atoms with van der Waals surface area (Å²) < 4.78 is 10.6. The van der Waals surface area contributed by atoms with E-state index >= 15 is 0 Å². The molecule has 0 spiro atoms. The predicted molar refractivity (Wildman–Crippen MR) is 103 cm³/mol. The molecule has 30 heavy (non-hydrogen) atoms. The van der Waals surface area contributed by atoms with Crippen LogP contribution in [0.1, 0.15) is 36.8 Å².